The molecule has 1 atom stereocenters. The van der Waals surface area contributed by atoms with Crippen LogP contribution in [0.2, 0.25) is 0 Å². The van der Waals surface area contributed by atoms with Crippen LogP contribution in [0, 0.1) is 0 Å². The standard InChI is InChI=1S/C22H22F3N3O4/c23-22(24,25)21(30)28(16-6-7-17-18(12-16)32-13-31-17)19(14-8-10-26-11-9-14)20(29)27-15-4-2-1-3-5-15/h6-12,15,19H,1-5,13H2,(H,27,29)/t19-/m0/s1. The van der Waals surface area contributed by atoms with Gasteiger partial charge in [0.25, 0.3) is 0 Å². The fourth-order valence-electron chi connectivity index (χ4n) is 4.05. The summed E-state index contributed by atoms with van der Waals surface area (Å²) in [5.74, 6) is -2.29. The number of hydrogen-bond donors (Lipinski definition) is 1. The summed E-state index contributed by atoms with van der Waals surface area (Å²) < 4.78 is 51.5. The Morgan fingerprint density at radius 2 is 1.72 bits per heavy atom. The van der Waals surface area contributed by atoms with Crippen LogP contribution >= 0.6 is 0 Å². The molecule has 2 aliphatic rings. The van der Waals surface area contributed by atoms with Crippen molar-refractivity contribution in [1.29, 1.82) is 0 Å². The Morgan fingerprint density at radius 1 is 1.03 bits per heavy atom. The fourth-order valence-corrected chi connectivity index (χ4v) is 4.05. The summed E-state index contributed by atoms with van der Waals surface area (Å²) in [7, 11) is 0. The van der Waals surface area contributed by atoms with Crippen molar-refractivity contribution in [3.8, 4) is 11.5 Å². The van der Waals surface area contributed by atoms with Crippen LogP contribution in [-0.2, 0) is 9.59 Å². The lowest BCUT2D eigenvalue weighted by molar-refractivity contribution is -0.171. The van der Waals surface area contributed by atoms with Crippen molar-refractivity contribution in [3.05, 3.63) is 48.3 Å². The van der Waals surface area contributed by atoms with Gasteiger partial charge >= 0.3 is 12.1 Å². The van der Waals surface area contributed by atoms with Gasteiger partial charge in [-0.2, -0.15) is 13.2 Å². The van der Waals surface area contributed by atoms with Crippen LogP contribution in [-0.4, -0.2) is 35.8 Å². The van der Waals surface area contributed by atoms with Crippen molar-refractivity contribution in [2.75, 3.05) is 11.7 Å². The second kappa shape index (κ2) is 9.05. The van der Waals surface area contributed by atoms with Gasteiger partial charge in [-0.15, -0.1) is 0 Å². The second-order valence-corrected chi connectivity index (χ2v) is 7.74. The summed E-state index contributed by atoms with van der Waals surface area (Å²) >= 11 is 0. The van der Waals surface area contributed by atoms with E-state index in [0.717, 1.165) is 32.1 Å². The van der Waals surface area contributed by atoms with Crippen molar-refractivity contribution < 1.29 is 32.2 Å². The highest BCUT2D eigenvalue weighted by atomic mass is 19.4. The van der Waals surface area contributed by atoms with Crippen molar-refractivity contribution in [3.63, 3.8) is 0 Å². The first-order valence-corrected chi connectivity index (χ1v) is 10.3. The minimum Gasteiger partial charge on any atom is -0.454 e. The molecule has 1 aliphatic heterocycles. The molecule has 1 N–H and O–H groups in total. The molecule has 2 heterocycles. The number of amides is 2. The highest BCUT2D eigenvalue weighted by Gasteiger charge is 2.48. The third-order valence-electron chi connectivity index (χ3n) is 5.58. The number of alkyl halides is 3. The van der Waals surface area contributed by atoms with Gasteiger partial charge in [0.2, 0.25) is 12.7 Å². The Hall–Kier alpha value is -3.30. The van der Waals surface area contributed by atoms with Gasteiger partial charge in [0, 0.05) is 30.2 Å². The Kier molecular flexibility index (Phi) is 6.20. The maximum atomic E-state index is 13.7. The molecule has 2 amide bonds. The Labute approximate surface area is 182 Å². The van der Waals surface area contributed by atoms with Crippen LogP contribution in [0.3, 0.4) is 0 Å². The Morgan fingerprint density at radius 3 is 2.41 bits per heavy atom. The minimum absolute atomic E-state index is 0.0814. The SMILES string of the molecule is O=C(NC1CCCCC1)[C@H](c1ccncc1)N(C(=O)C(F)(F)F)c1ccc2c(c1)OCO2. The molecule has 1 aromatic carbocycles. The molecule has 1 aliphatic carbocycles. The Balaban J connectivity index is 1.77. The number of hydrogen-bond acceptors (Lipinski definition) is 5. The lowest BCUT2D eigenvalue weighted by Crippen LogP contribution is -2.50. The smallest absolute Gasteiger partial charge is 0.454 e. The minimum atomic E-state index is -5.20. The van der Waals surface area contributed by atoms with E-state index in [9.17, 15) is 22.8 Å². The van der Waals surface area contributed by atoms with Crippen molar-refractivity contribution in [1.82, 2.24) is 10.3 Å². The number of rotatable bonds is 5. The summed E-state index contributed by atoms with van der Waals surface area (Å²) in [5.41, 5.74) is 0.0840. The van der Waals surface area contributed by atoms with E-state index in [1.807, 2.05) is 0 Å². The highest BCUT2D eigenvalue weighted by molar-refractivity contribution is 6.04. The van der Waals surface area contributed by atoms with Gasteiger partial charge in [-0.3, -0.25) is 19.5 Å². The van der Waals surface area contributed by atoms with Crippen LogP contribution in [0.1, 0.15) is 43.7 Å². The largest absolute Gasteiger partial charge is 0.471 e. The van der Waals surface area contributed by atoms with Crippen molar-refractivity contribution >= 4 is 17.5 Å². The lowest BCUT2D eigenvalue weighted by atomic mass is 9.94. The number of nitrogens with one attached hydrogen (secondary N) is 1. The number of fused-ring (bicyclic) bond motifs is 1. The van der Waals surface area contributed by atoms with Gasteiger partial charge in [-0.25, -0.2) is 0 Å². The Bertz CT molecular complexity index is 978. The summed E-state index contributed by atoms with van der Waals surface area (Å²) in [6.07, 6.45) is 1.93. The number of pyridine rings is 1. The molecule has 0 spiro atoms. The summed E-state index contributed by atoms with van der Waals surface area (Å²) in [6, 6.07) is 5.14. The first-order chi connectivity index (χ1) is 15.3. The molecule has 32 heavy (non-hydrogen) atoms. The van der Waals surface area contributed by atoms with Crippen molar-refractivity contribution in [2.24, 2.45) is 0 Å². The number of anilines is 1. The van der Waals surface area contributed by atoms with Crippen LogP contribution in [0.25, 0.3) is 0 Å². The normalized spacial score (nSPS) is 17.0. The molecule has 2 aromatic rings. The first-order valence-electron chi connectivity index (χ1n) is 10.3. The van der Waals surface area contributed by atoms with Crippen LogP contribution in [0.15, 0.2) is 42.7 Å². The molecule has 10 heteroatoms. The number of nitrogens with zero attached hydrogens (tertiary/aromatic N) is 2. The summed E-state index contributed by atoms with van der Waals surface area (Å²) in [6.45, 7) is -0.0814. The van der Waals surface area contributed by atoms with Crippen molar-refractivity contribution in [2.45, 2.75) is 50.4 Å². The second-order valence-electron chi connectivity index (χ2n) is 7.74. The van der Waals surface area contributed by atoms with Crippen LogP contribution in [0.4, 0.5) is 18.9 Å². The molecular weight excluding hydrogens is 427 g/mol. The van der Waals surface area contributed by atoms with E-state index < -0.39 is 24.0 Å². The number of halogens is 3. The topological polar surface area (TPSA) is 80.8 Å². The summed E-state index contributed by atoms with van der Waals surface area (Å²) in [5, 5.41) is 2.85. The third-order valence-corrected chi connectivity index (χ3v) is 5.58. The summed E-state index contributed by atoms with van der Waals surface area (Å²) in [4.78, 5) is 30.3. The monoisotopic (exact) mass is 449 g/mol. The van der Waals surface area contributed by atoms with Gasteiger partial charge in [0.15, 0.2) is 11.5 Å². The average Bonchev–Trinajstić information content (AvgIpc) is 3.25. The fraction of sp³-hybridized carbons (Fsp3) is 0.409. The molecule has 4 rings (SSSR count). The molecule has 0 bridgehead atoms. The quantitative estimate of drug-likeness (QED) is 0.749. The predicted octanol–water partition coefficient (Wildman–Crippen LogP) is 3.90. The molecule has 1 aromatic heterocycles. The van der Waals surface area contributed by atoms with Gasteiger partial charge in [-0.05, 0) is 42.7 Å². The lowest BCUT2D eigenvalue weighted by Gasteiger charge is -2.33. The van der Waals surface area contributed by atoms with E-state index in [4.69, 9.17) is 9.47 Å². The molecule has 0 radical (unpaired) electrons. The highest BCUT2D eigenvalue weighted by Crippen LogP contribution is 2.39. The molecule has 170 valence electrons. The van der Waals surface area contributed by atoms with E-state index in [2.05, 4.69) is 10.3 Å². The zero-order valence-electron chi connectivity index (χ0n) is 17.1. The number of carbonyl (C=O) groups excluding carboxylic acids is 2. The van der Waals surface area contributed by atoms with E-state index in [0.29, 0.717) is 10.6 Å². The molecule has 1 saturated carbocycles. The molecule has 1 fully saturated rings. The van der Waals surface area contributed by atoms with Crippen LogP contribution < -0.4 is 19.7 Å². The number of aromatic nitrogens is 1. The van der Waals surface area contributed by atoms with Crippen LogP contribution in [0.5, 0.6) is 11.5 Å². The average molecular weight is 449 g/mol. The zero-order chi connectivity index (χ0) is 22.7. The van der Waals surface area contributed by atoms with Gasteiger partial charge in [0.1, 0.15) is 6.04 Å². The first kappa shape index (κ1) is 21.9. The predicted molar refractivity (Wildman–Crippen MR) is 108 cm³/mol. The molecule has 0 unspecified atom stereocenters. The van der Waals surface area contributed by atoms with Gasteiger partial charge in [0.05, 0.1) is 0 Å². The zero-order valence-corrected chi connectivity index (χ0v) is 17.1. The maximum Gasteiger partial charge on any atom is 0.471 e. The third kappa shape index (κ3) is 4.63. The number of benzene rings is 1. The van der Waals surface area contributed by atoms with E-state index in [1.165, 1.54) is 42.7 Å². The maximum absolute atomic E-state index is 13.7. The molecule has 0 saturated heterocycles. The molecular formula is C22H22F3N3O4. The van der Waals surface area contributed by atoms with E-state index in [1.54, 1.807) is 0 Å². The van der Waals surface area contributed by atoms with E-state index >= 15 is 0 Å². The number of ether oxygens (including phenoxy) is 2. The number of carbonyl (C=O) groups is 2. The molecule has 7 nitrogen and oxygen atoms in total. The van der Waals surface area contributed by atoms with Gasteiger partial charge < -0.3 is 14.8 Å². The van der Waals surface area contributed by atoms with E-state index in [-0.39, 0.29) is 29.8 Å². The van der Waals surface area contributed by atoms with Gasteiger partial charge in [-0.1, -0.05) is 19.3 Å².